The van der Waals surface area contributed by atoms with Gasteiger partial charge in [-0.05, 0) is 140 Å². The number of nitrogens with one attached hydrogen (secondary N) is 2. The predicted molar refractivity (Wildman–Crippen MR) is 519 cm³/mol. The van der Waals surface area contributed by atoms with Crippen LogP contribution in [0.15, 0.2) is 282 Å². The third kappa shape index (κ3) is 17.2. The van der Waals surface area contributed by atoms with E-state index in [0.29, 0.717) is 23.3 Å². The van der Waals surface area contributed by atoms with Crippen LogP contribution < -0.4 is 0 Å². The van der Waals surface area contributed by atoms with Crippen molar-refractivity contribution in [2.45, 2.75) is 192 Å². The van der Waals surface area contributed by atoms with Gasteiger partial charge in [-0.3, -0.25) is 0 Å². The molecule has 0 unspecified atom stereocenters. The maximum absolute atomic E-state index is 6.27. The zero-order valence-corrected chi connectivity index (χ0v) is 75.9. The Morgan fingerprint density at radius 1 is 0.183 bits per heavy atom. The molecule has 15 aromatic rings. The van der Waals surface area contributed by atoms with Gasteiger partial charge >= 0.3 is 0 Å². The van der Waals surface area contributed by atoms with Crippen molar-refractivity contribution in [3.8, 4) is 45.6 Å². The van der Waals surface area contributed by atoms with E-state index in [9.17, 15) is 0 Å². The summed E-state index contributed by atoms with van der Waals surface area (Å²) in [7, 11) is 0. The Labute approximate surface area is 740 Å². The van der Waals surface area contributed by atoms with Gasteiger partial charge in [0.25, 0.3) is 0 Å². The van der Waals surface area contributed by atoms with Crippen molar-refractivity contribution in [1.82, 2.24) is 39.9 Å². The molecule has 0 saturated carbocycles. The highest BCUT2D eigenvalue weighted by Gasteiger charge is 2.36. The molecule has 0 radical (unpaired) electrons. The van der Waals surface area contributed by atoms with Crippen molar-refractivity contribution in [3.63, 3.8) is 0 Å². The summed E-state index contributed by atoms with van der Waals surface area (Å²) in [4.78, 5) is 56.0. The summed E-state index contributed by atoms with van der Waals surface area (Å²) in [6.45, 7) is 18.7. The van der Waals surface area contributed by atoms with Gasteiger partial charge in [0, 0.05) is 129 Å². The van der Waals surface area contributed by atoms with Crippen LogP contribution in [0.4, 0.5) is 0 Å². The van der Waals surface area contributed by atoms with E-state index in [0.717, 1.165) is 164 Å². The number of hydrogen-bond donors (Lipinski definition) is 2. The first-order valence-electron chi connectivity index (χ1n) is 42.2. The lowest BCUT2D eigenvalue weighted by atomic mass is 9.93. The Balaban J connectivity index is 1.06. The summed E-state index contributed by atoms with van der Waals surface area (Å²) in [5.74, 6) is 8.93. The normalized spacial score (nSPS) is 11.8. The van der Waals surface area contributed by atoms with Gasteiger partial charge in [0.05, 0.1) is 0 Å². The third-order valence-corrected chi connectivity index (χ3v) is 32.9. The van der Waals surface area contributed by atoms with Crippen LogP contribution in [0, 0.1) is 0 Å². The van der Waals surface area contributed by atoms with E-state index in [-0.39, 0.29) is 0 Å². The van der Waals surface area contributed by atoms with Crippen LogP contribution in [0.3, 0.4) is 0 Å². The minimum Gasteiger partial charge on any atom is -0.324 e. The highest BCUT2D eigenvalue weighted by Crippen LogP contribution is 2.56. The summed E-state index contributed by atoms with van der Waals surface area (Å²) in [5, 5.41) is 4.28. The Morgan fingerprint density at radius 2 is 0.325 bits per heavy atom. The second kappa shape index (κ2) is 38.9. The topological polar surface area (TPSA) is 109 Å². The molecule has 120 heavy (non-hydrogen) atoms. The lowest BCUT2D eigenvalue weighted by molar-refractivity contribution is 0.980. The smallest absolute Gasteiger partial charge is 0.165 e. The summed E-state index contributed by atoms with van der Waals surface area (Å²) in [5.41, 5.74) is 27.1. The molecule has 0 spiro atoms. The summed E-state index contributed by atoms with van der Waals surface area (Å²) in [6.07, 6.45) is 5.86. The highest BCUT2D eigenvalue weighted by molar-refractivity contribution is 8.03. The first-order valence-corrected chi connectivity index (χ1v) is 50.1. The van der Waals surface area contributed by atoms with Crippen LogP contribution in [-0.4, -0.2) is 39.9 Å². The molecule has 8 bridgehead atoms. The first-order chi connectivity index (χ1) is 59.2. The van der Waals surface area contributed by atoms with Crippen LogP contribution in [0.25, 0.3) is 89.7 Å². The second-order valence-corrected chi connectivity index (χ2v) is 38.0. The van der Waals surface area contributed by atoms with Crippen molar-refractivity contribution < 1.29 is 0 Å². The van der Waals surface area contributed by atoms with Crippen molar-refractivity contribution in [2.75, 3.05) is 0 Å². The number of benzene rings is 12. The van der Waals surface area contributed by atoms with Crippen molar-refractivity contribution in [2.24, 2.45) is 0 Å². The number of nitrogens with zero attached hydrogens (tertiary/aromatic N) is 6. The number of hydrogen-bond acceptors (Lipinski definition) is 14. The van der Waals surface area contributed by atoms with E-state index in [1.807, 2.05) is 94.1 Å². The molecule has 12 aromatic carbocycles. The number of aromatic nitrogens is 8. The van der Waals surface area contributed by atoms with Gasteiger partial charge in [0.15, 0.2) is 23.3 Å². The standard InChI is InChI=1S/C104H98N8S8/c1-9-73-81-82(74(10-2)90(114-58-66-43-27-18-28-44-66)89(73)113-57-65-41-25-17-26-42-65)98-105-97(81)109-99-83-75(11-3)91(115-59-67-45-29-19-30-46-67)92(116-60-68-47-31-20-32-48-68)76(12-4)84(83)101(106-99)111-103-87-79(15-7)95(119-63-71-53-37-23-38-54-71)96(120-64-72-55-39-24-40-56-72)80(16-8)88(87)104(108-103)112-102-86-78(14-6)94(118-62-70-51-35-22-36-52-70)93(117-61-69-49-33-21-34-50-69)77(13-5)85(86)100(107-102)110-98/h17-56H,9-16,57-64H2,1-8H3,(H2,105,106,107,108,109,110,111,112). The Morgan fingerprint density at radius 3 is 0.467 bits per heavy atom. The molecule has 0 saturated heterocycles. The number of H-pyrrole nitrogens is 2. The zero-order valence-electron chi connectivity index (χ0n) is 69.4. The molecular formula is C104H98N8S8. The quantitative estimate of drug-likeness (QED) is 0.0391. The number of thioether (sulfide) groups is 8. The van der Waals surface area contributed by atoms with Crippen LogP contribution >= 0.6 is 94.1 Å². The van der Waals surface area contributed by atoms with Gasteiger partial charge in [-0.25, -0.2) is 29.9 Å². The molecule has 17 rings (SSSR count). The SMILES string of the molecule is CCc1c(SCc2ccccc2)c(SCc2ccccc2)c(CC)c2c1-c1nc-2nc2[nH]c(nc3nc(nc4[nH]c(n1)c1c(CC)c(SCc5ccccc5)c(SCc5ccccc5)c(CC)c41)-c1c(CC)c(SCc4ccccc4)c(SCc4ccccc4)c(CC)c1-3)c1c(CC)c(SCc3ccccc3)c(SCc3ccccc3)c(CC)c21. The molecular weight excluding hydrogens is 1620 g/mol. The third-order valence-electron chi connectivity index (χ3n) is 22.7. The summed E-state index contributed by atoms with van der Waals surface area (Å²) < 4.78 is 0. The molecule has 8 nitrogen and oxygen atoms in total. The van der Waals surface area contributed by atoms with Gasteiger partial charge in [0.2, 0.25) is 0 Å². The van der Waals surface area contributed by atoms with Crippen LogP contribution in [0.2, 0.25) is 0 Å². The van der Waals surface area contributed by atoms with E-state index in [1.54, 1.807) is 0 Å². The van der Waals surface area contributed by atoms with Crippen LogP contribution in [-0.2, 0) is 97.4 Å². The van der Waals surface area contributed by atoms with Crippen molar-refractivity contribution in [3.05, 3.63) is 332 Å². The monoisotopic (exact) mass is 1710 g/mol. The molecule has 2 aliphatic rings. The van der Waals surface area contributed by atoms with Crippen molar-refractivity contribution >= 4 is 138 Å². The maximum atomic E-state index is 6.27. The second-order valence-electron chi connectivity index (χ2n) is 30.1. The molecule has 0 amide bonds. The fourth-order valence-electron chi connectivity index (χ4n) is 17.0. The van der Waals surface area contributed by atoms with E-state index in [2.05, 4.69) is 308 Å². The molecule has 2 aliphatic heterocycles. The summed E-state index contributed by atoms with van der Waals surface area (Å²) in [6, 6.07) is 87.9. The van der Waals surface area contributed by atoms with E-state index >= 15 is 0 Å². The van der Waals surface area contributed by atoms with Gasteiger partial charge in [-0.2, -0.15) is 0 Å². The lowest BCUT2D eigenvalue weighted by Crippen LogP contribution is -2.03. The molecule has 602 valence electrons. The van der Waals surface area contributed by atoms with Crippen LogP contribution in [0.5, 0.6) is 0 Å². The van der Waals surface area contributed by atoms with E-state index < -0.39 is 0 Å². The fourth-order valence-corrected chi connectivity index (χ4v) is 27.8. The van der Waals surface area contributed by atoms with Gasteiger partial charge in [-0.1, -0.05) is 298 Å². The average molecular weight is 1720 g/mol. The minimum atomic E-state index is 0.643. The molecule has 0 atom stereocenters. The summed E-state index contributed by atoms with van der Waals surface area (Å²) >= 11 is 15.6. The average Bonchev–Trinajstić information content (AvgIpc) is 1.55. The van der Waals surface area contributed by atoms with Gasteiger partial charge in [-0.15, -0.1) is 94.1 Å². The molecule has 2 N–H and O–H groups in total. The molecule has 3 aromatic heterocycles. The van der Waals surface area contributed by atoms with E-state index in [4.69, 9.17) is 29.9 Å². The Hall–Kier alpha value is -9.20. The lowest BCUT2D eigenvalue weighted by Gasteiger charge is -2.22. The minimum absolute atomic E-state index is 0.643. The highest BCUT2D eigenvalue weighted by atomic mass is 32.2. The zero-order chi connectivity index (χ0) is 82.0. The molecule has 0 aliphatic carbocycles. The predicted octanol–water partition coefficient (Wildman–Crippen LogP) is 29.7. The number of aromatic amines is 2. The Bertz CT molecular complexity index is 5610. The first kappa shape index (κ1) is 83.1. The Kier molecular flexibility index (Phi) is 26.9. The van der Waals surface area contributed by atoms with E-state index in [1.165, 1.54) is 128 Å². The number of fused-ring (bicyclic) bond motifs is 20. The molecule has 5 heterocycles. The molecule has 16 heteroatoms. The van der Waals surface area contributed by atoms with Gasteiger partial charge < -0.3 is 9.97 Å². The van der Waals surface area contributed by atoms with Crippen LogP contribution in [0.1, 0.15) is 144 Å². The number of rotatable bonds is 32. The molecule has 0 fully saturated rings. The number of aryl methyl sites for hydroxylation is 4. The largest absolute Gasteiger partial charge is 0.324 e. The maximum Gasteiger partial charge on any atom is 0.165 e. The van der Waals surface area contributed by atoms with Gasteiger partial charge in [0.1, 0.15) is 22.6 Å². The van der Waals surface area contributed by atoms with Crippen molar-refractivity contribution in [1.29, 1.82) is 0 Å². The fraction of sp³-hybridized carbons (Fsp3) is 0.231.